The molecular weight excluding hydrogens is 442 g/mol. The lowest BCUT2D eigenvalue weighted by Crippen LogP contribution is -2.56. The van der Waals surface area contributed by atoms with Gasteiger partial charge >= 0.3 is 0 Å². The Kier molecular flexibility index (Phi) is 8.85. The molecule has 1 aliphatic rings. The first kappa shape index (κ1) is 24.3. The van der Waals surface area contributed by atoms with Gasteiger partial charge in [0, 0.05) is 36.7 Å². The number of nitrogens with one attached hydrogen (secondary N) is 4. The Bertz CT molecular complexity index is 984. The molecule has 9 nitrogen and oxygen atoms in total. The Morgan fingerprint density at radius 3 is 2.45 bits per heavy atom. The summed E-state index contributed by atoms with van der Waals surface area (Å²) in [5, 5.41) is 11.6. The second-order valence-electron chi connectivity index (χ2n) is 7.61. The van der Waals surface area contributed by atoms with E-state index in [1.165, 1.54) is 23.9 Å². The van der Waals surface area contributed by atoms with E-state index in [1.54, 1.807) is 12.1 Å². The van der Waals surface area contributed by atoms with Gasteiger partial charge in [0.1, 0.15) is 5.50 Å². The zero-order valence-corrected chi connectivity index (χ0v) is 18.8. The lowest BCUT2D eigenvalue weighted by atomic mass is 10.1. The molecule has 33 heavy (non-hydrogen) atoms. The molecule has 0 saturated carbocycles. The van der Waals surface area contributed by atoms with Crippen LogP contribution in [0.15, 0.2) is 54.6 Å². The first-order valence-electron chi connectivity index (χ1n) is 10.6. The van der Waals surface area contributed by atoms with Crippen LogP contribution in [-0.2, 0) is 20.8 Å². The van der Waals surface area contributed by atoms with Gasteiger partial charge in [-0.15, -0.1) is 11.8 Å². The Morgan fingerprint density at radius 1 is 1.03 bits per heavy atom. The van der Waals surface area contributed by atoms with Gasteiger partial charge in [-0.1, -0.05) is 30.3 Å². The largest absolute Gasteiger partial charge is 0.366 e. The average molecular weight is 470 g/mol. The van der Waals surface area contributed by atoms with E-state index in [4.69, 9.17) is 5.73 Å². The number of benzene rings is 2. The molecule has 174 valence electrons. The number of nitrogens with two attached hydrogens (primary N) is 1. The third-order valence-corrected chi connectivity index (χ3v) is 5.97. The number of carbonyl (C=O) groups excluding carboxylic acids is 4. The van der Waals surface area contributed by atoms with Crippen molar-refractivity contribution in [1.29, 1.82) is 0 Å². The Labute approximate surface area is 196 Å². The molecule has 1 saturated heterocycles. The minimum atomic E-state index is -0.540. The maximum atomic E-state index is 12.3. The summed E-state index contributed by atoms with van der Waals surface area (Å²) in [5.41, 5.74) is 6.76. The van der Waals surface area contributed by atoms with Gasteiger partial charge < -0.3 is 21.7 Å². The second kappa shape index (κ2) is 12.0. The SMILES string of the molecule is NC(=O)c1ccc(NC(=O)CSC2NC(=O)CC(CC(=O)NCCc3ccccc3)N2)cc1. The summed E-state index contributed by atoms with van der Waals surface area (Å²) >= 11 is 1.22. The predicted octanol–water partition coefficient (Wildman–Crippen LogP) is 0.968. The van der Waals surface area contributed by atoms with E-state index in [9.17, 15) is 19.2 Å². The van der Waals surface area contributed by atoms with Crippen molar-refractivity contribution in [2.75, 3.05) is 17.6 Å². The molecule has 0 aromatic heterocycles. The van der Waals surface area contributed by atoms with Crippen molar-refractivity contribution < 1.29 is 19.2 Å². The van der Waals surface area contributed by atoms with E-state index in [-0.39, 0.29) is 42.4 Å². The molecule has 3 rings (SSSR count). The van der Waals surface area contributed by atoms with Gasteiger partial charge in [-0.2, -0.15) is 0 Å². The highest BCUT2D eigenvalue weighted by Gasteiger charge is 2.28. The van der Waals surface area contributed by atoms with E-state index in [1.807, 2.05) is 30.3 Å². The number of hydrogen-bond acceptors (Lipinski definition) is 6. The highest BCUT2D eigenvalue weighted by molar-refractivity contribution is 8.00. The van der Waals surface area contributed by atoms with Gasteiger partial charge in [0.25, 0.3) is 0 Å². The molecule has 4 amide bonds. The van der Waals surface area contributed by atoms with Crippen LogP contribution in [0.3, 0.4) is 0 Å². The van der Waals surface area contributed by atoms with Gasteiger partial charge in [0.2, 0.25) is 23.6 Å². The molecule has 1 fully saturated rings. The van der Waals surface area contributed by atoms with Crippen LogP contribution in [0.4, 0.5) is 5.69 Å². The summed E-state index contributed by atoms with van der Waals surface area (Å²) in [7, 11) is 0. The summed E-state index contributed by atoms with van der Waals surface area (Å²) in [6.45, 7) is 0.528. The average Bonchev–Trinajstić information content (AvgIpc) is 2.78. The molecule has 2 aromatic rings. The Hall–Kier alpha value is -3.37. The van der Waals surface area contributed by atoms with Crippen LogP contribution in [0.25, 0.3) is 0 Å². The molecule has 0 aliphatic carbocycles. The van der Waals surface area contributed by atoms with Crippen LogP contribution in [0.2, 0.25) is 0 Å². The van der Waals surface area contributed by atoms with Crippen molar-refractivity contribution in [3.05, 3.63) is 65.7 Å². The van der Waals surface area contributed by atoms with Gasteiger partial charge in [-0.25, -0.2) is 0 Å². The van der Waals surface area contributed by atoms with E-state index >= 15 is 0 Å². The van der Waals surface area contributed by atoms with Gasteiger partial charge in [0.05, 0.1) is 5.75 Å². The monoisotopic (exact) mass is 469 g/mol. The van der Waals surface area contributed by atoms with Crippen LogP contribution >= 0.6 is 11.8 Å². The van der Waals surface area contributed by atoms with Crippen molar-refractivity contribution in [3.63, 3.8) is 0 Å². The van der Waals surface area contributed by atoms with Crippen molar-refractivity contribution in [1.82, 2.24) is 16.0 Å². The van der Waals surface area contributed by atoms with Crippen molar-refractivity contribution >= 4 is 41.1 Å². The summed E-state index contributed by atoms with van der Waals surface area (Å²) in [5.74, 6) is -1.01. The predicted molar refractivity (Wildman–Crippen MR) is 127 cm³/mol. The normalized spacial score (nSPS) is 17.6. The number of rotatable bonds is 10. The van der Waals surface area contributed by atoms with Crippen molar-refractivity contribution in [2.24, 2.45) is 5.73 Å². The van der Waals surface area contributed by atoms with E-state index in [0.717, 1.165) is 12.0 Å². The standard InChI is InChI=1S/C23H27N5O4S/c24-22(32)16-6-8-17(9-7-16)26-21(31)14-33-23-27-18(13-20(30)28-23)12-19(29)25-11-10-15-4-2-1-3-5-15/h1-9,18,23,27H,10-14H2,(H2,24,32)(H,25,29)(H,26,31)(H,28,30). The van der Waals surface area contributed by atoms with Crippen molar-refractivity contribution in [2.45, 2.75) is 30.8 Å². The van der Waals surface area contributed by atoms with Crippen LogP contribution in [-0.4, -0.2) is 47.5 Å². The minimum Gasteiger partial charge on any atom is -0.366 e. The number of thioether (sulfide) groups is 1. The molecule has 1 aliphatic heterocycles. The lowest BCUT2D eigenvalue weighted by Gasteiger charge is -2.30. The zero-order chi connectivity index (χ0) is 23.6. The number of anilines is 1. The highest BCUT2D eigenvalue weighted by atomic mass is 32.2. The maximum Gasteiger partial charge on any atom is 0.248 e. The molecule has 0 radical (unpaired) electrons. The summed E-state index contributed by atoms with van der Waals surface area (Å²) < 4.78 is 0. The molecule has 2 unspecified atom stereocenters. The molecular formula is C23H27N5O4S. The number of primary amides is 1. The summed E-state index contributed by atoms with van der Waals surface area (Å²) in [6, 6.07) is 15.8. The summed E-state index contributed by atoms with van der Waals surface area (Å²) in [4.78, 5) is 47.6. The van der Waals surface area contributed by atoms with E-state index < -0.39 is 11.4 Å². The fraction of sp³-hybridized carbons (Fsp3) is 0.304. The maximum absolute atomic E-state index is 12.3. The number of carbonyl (C=O) groups is 4. The Balaban J connectivity index is 1.39. The lowest BCUT2D eigenvalue weighted by molar-refractivity contribution is -0.125. The molecule has 6 N–H and O–H groups in total. The van der Waals surface area contributed by atoms with Gasteiger partial charge in [-0.3, -0.25) is 24.5 Å². The van der Waals surface area contributed by atoms with E-state index in [2.05, 4.69) is 21.3 Å². The molecule has 10 heteroatoms. The highest BCUT2D eigenvalue weighted by Crippen LogP contribution is 2.15. The fourth-order valence-electron chi connectivity index (χ4n) is 3.33. The van der Waals surface area contributed by atoms with Crippen LogP contribution in [0.1, 0.15) is 28.8 Å². The number of amides is 4. The quantitative estimate of drug-likeness (QED) is 0.351. The number of hydrogen-bond donors (Lipinski definition) is 5. The topological polar surface area (TPSA) is 142 Å². The third-order valence-electron chi connectivity index (χ3n) is 4.96. The third kappa shape index (κ3) is 8.24. The first-order chi connectivity index (χ1) is 15.9. The molecule has 0 spiro atoms. The van der Waals surface area contributed by atoms with Crippen LogP contribution in [0.5, 0.6) is 0 Å². The fourth-order valence-corrected chi connectivity index (χ4v) is 4.22. The van der Waals surface area contributed by atoms with Gasteiger partial charge in [0.15, 0.2) is 0 Å². The second-order valence-corrected chi connectivity index (χ2v) is 8.70. The first-order valence-corrected chi connectivity index (χ1v) is 11.6. The summed E-state index contributed by atoms with van der Waals surface area (Å²) in [6.07, 6.45) is 1.11. The van der Waals surface area contributed by atoms with E-state index in [0.29, 0.717) is 17.8 Å². The molecule has 2 atom stereocenters. The van der Waals surface area contributed by atoms with Crippen molar-refractivity contribution in [3.8, 4) is 0 Å². The molecule has 2 aromatic carbocycles. The smallest absolute Gasteiger partial charge is 0.248 e. The minimum absolute atomic E-state index is 0.0888. The molecule has 0 bridgehead atoms. The van der Waals surface area contributed by atoms with Gasteiger partial charge in [-0.05, 0) is 36.2 Å². The zero-order valence-electron chi connectivity index (χ0n) is 18.0. The van der Waals surface area contributed by atoms with Crippen LogP contribution in [0, 0.1) is 0 Å². The Morgan fingerprint density at radius 2 is 1.76 bits per heavy atom. The van der Waals surface area contributed by atoms with Crippen LogP contribution < -0.4 is 27.0 Å². The molecule has 1 heterocycles.